The Bertz CT molecular complexity index is 594. The van der Waals surface area contributed by atoms with Gasteiger partial charge in [-0.2, -0.15) is 0 Å². The van der Waals surface area contributed by atoms with Crippen LogP contribution in [0.1, 0.15) is 56.9 Å². The summed E-state index contributed by atoms with van der Waals surface area (Å²) in [5.41, 5.74) is 1.06. The number of carbonyl (C=O) groups excluding carboxylic acids is 1. The van der Waals surface area contributed by atoms with Crippen LogP contribution in [0.3, 0.4) is 0 Å². The van der Waals surface area contributed by atoms with Gasteiger partial charge in [-0.15, -0.1) is 0 Å². The van der Waals surface area contributed by atoms with Gasteiger partial charge in [0.25, 0.3) is 0 Å². The number of ketones is 1. The summed E-state index contributed by atoms with van der Waals surface area (Å²) in [4.78, 5) is 22.6. The zero-order valence-electron chi connectivity index (χ0n) is 13.9. The second-order valence-corrected chi connectivity index (χ2v) is 6.97. The zero-order chi connectivity index (χ0) is 17.4. The molecule has 1 saturated carbocycles. The maximum absolute atomic E-state index is 12.1. The second kappa shape index (κ2) is 9.63. The number of Topliss-reactive ketones (excluding diaryl/α,β-unsaturated/α-hetero) is 1. The lowest BCUT2D eigenvalue weighted by Gasteiger charge is -2.14. The average molecular weight is 349 g/mol. The number of unbranched alkanes of at least 4 members (excludes halogenated alkanes) is 3. The fraction of sp³-hybridized carbons (Fsp3) is 0.500. The predicted molar refractivity (Wildman–Crippen MR) is 97.0 cm³/mol. The van der Waals surface area contributed by atoms with Gasteiger partial charge in [-0.05, 0) is 42.9 Å². The molecule has 0 saturated heterocycles. The molecule has 1 fully saturated rings. The molecule has 2 unspecified atom stereocenters. The van der Waals surface area contributed by atoms with E-state index < -0.39 is 5.97 Å². The molecule has 1 N–H and O–H groups in total. The Balaban J connectivity index is 1.79. The van der Waals surface area contributed by atoms with Crippen LogP contribution in [0.5, 0.6) is 0 Å². The number of hydrogen-bond acceptors (Lipinski definition) is 2. The van der Waals surface area contributed by atoms with Gasteiger partial charge in [0.2, 0.25) is 0 Å². The monoisotopic (exact) mass is 348 g/mol. The minimum atomic E-state index is -0.729. The summed E-state index contributed by atoms with van der Waals surface area (Å²) in [6.07, 6.45) is 10.6. The van der Waals surface area contributed by atoms with E-state index in [1.54, 1.807) is 0 Å². The third-order valence-corrected chi connectivity index (χ3v) is 4.93. The molecule has 4 heteroatoms. The van der Waals surface area contributed by atoms with E-state index in [2.05, 4.69) is 12.2 Å². The number of benzene rings is 1. The van der Waals surface area contributed by atoms with Crippen molar-refractivity contribution in [3.63, 3.8) is 0 Å². The van der Waals surface area contributed by atoms with Crippen LogP contribution in [0.25, 0.3) is 6.08 Å². The maximum Gasteiger partial charge on any atom is 0.303 e. The Morgan fingerprint density at radius 2 is 2.04 bits per heavy atom. The normalized spacial score (nSPS) is 20.8. The molecule has 0 heterocycles. The highest BCUT2D eigenvalue weighted by atomic mass is 35.5. The molecule has 0 spiro atoms. The van der Waals surface area contributed by atoms with Crippen LogP contribution in [0.4, 0.5) is 0 Å². The molecule has 130 valence electrons. The molecule has 0 aliphatic heterocycles. The van der Waals surface area contributed by atoms with Crippen LogP contribution in [0.2, 0.25) is 5.02 Å². The van der Waals surface area contributed by atoms with Gasteiger partial charge in [0.1, 0.15) is 5.78 Å². The summed E-state index contributed by atoms with van der Waals surface area (Å²) in [6, 6.07) is 7.71. The van der Waals surface area contributed by atoms with Gasteiger partial charge in [-0.3, -0.25) is 9.59 Å². The maximum atomic E-state index is 12.1. The van der Waals surface area contributed by atoms with Crippen molar-refractivity contribution in [1.29, 1.82) is 0 Å². The predicted octanol–water partition coefficient (Wildman–Crippen LogP) is 5.37. The number of carboxylic acids is 1. The van der Waals surface area contributed by atoms with E-state index in [0.717, 1.165) is 49.1 Å². The molecule has 2 rings (SSSR count). The van der Waals surface area contributed by atoms with Gasteiger partial charge in [-0.25, -0.2) is 0 Å². The summed E-state index contributed by atoms with van der Waals surface area (Å²) < 4.78 is 0. The van der Waals surface area contributed by atoms with Gasteiger partial charge < -0.3 is 5.11 Å². The number of allylic oxidation sites excluding steroid dienone is 1. The van der Waals surface area contributed by atoms with Crippen molar-refractivity contribution in [2.45, 2.75) is 51.4 Å². The number of carboxylic acid groups (broad SMARTS) is 1. The standard InChI is InChI=1S/C20H25ClO3/c21-17-7-5-6-15(14-17)10-11-16-12-13-19(22)18(16)8-3-1-2-4-9-20(23)24/h5-7,10-11,14,16,18H,1-4,8-9,12-13H2,(H,23,24). The van der Waals surface area contributed by atoms with E-state index in [-0.39, 0.29) is 12.3 Å². The van der Waals surface area contributed by atoms with E-state index in [1.807, 2.05) is 24.3 Å². The van der Waals surface area contributed by atoms with Gasteiger partial charge in [-0.1, -0.05) is 55.1 Å². The van der Waals surface area contributed by atoms with E-state index >= 15 is 0 Å². The molecular weight excluding hydrogens is 324 g/mol. The smallest absolute Gasteiger partial charge is 0.303 e. The van der Waals surface area contributed by atoms with Gasteiger partial charge >= 0.3 is 5.97 Å². The van der Waals surface area contributed by atoms with Crippen LogP contribution >= 0.6 is 11.6 Å². The lowest BCUT2D eigenvalue weighted by Crippen LogP contribution is -2.13. The van der Waals surface area contributed by atoms with Crippen LogP contribution in [-0.4, -0.2) is 16.9 Å². The van der Waals surface area contributed by atoms with Gasteiger partial charge in [0.15, 0.2) is 0 Å². The Kier molecular flexibility index (Phi) is 7.51. The van der Waals surface area contributed by atoms with Gasteiger partial charge in [0.05, 0.1) is 0 Å². The third-order valence-electron chi connectivity index (χ3n) is 4.69. The van der Waals surface area contributed by atoms with E-state index in [1.165, 1.54) is 0 Å². The van der Waals surface area contributed by atoms with Crippen molar-refractivity contribution in [3.05, 3.63) is 40.9 Å². The minimum Gasteiger partial charge on any atom is -0.481 e. The highest BCUT2D eigenvalue weighted by Crippen LogP contribution is 2.34. The first-order valence-electron chi connectivity index (χ1n) is 8.74. The van der Waals surface area contributed by atoms with Gasteiger partial charge in [0, 0.05) is 23.8 Å². The fourth-order valence-corrected chi connectivity index (χ4v) is 3.58. The van der Waals surface area contributed by atoms with E-state index in [4.69, 9.17) is 16.7 Å². The molecular formula is C20H25ClO3. The SMILES string of the molecule is O=C(O)CCCCCCC1C(=O)CCC1C=Cc1cccc(Cl)c1. The third kappa shape index (κ3) is 6.12. The second-order valence-electron chi connectivity index (χ2n) is 6.54. The zero-order valence-corrected chi connectivity index (χ0v) is 14.7. The fourth-order valence-electron chi connectivity index (χ4n) is 3.38. The summed E-state index contributed by atoms with van der Waals surface area (Å²) in [7, 11) is 0. The Hall–Kier alpha value is -1.61. The molecule has 0 radical (unpaired) electrons. The van der Waals surface area contributed by atoms with Crippen LogP contribution < -0.4 is 0 Å². The van der Waals surface area contributed by atoms with E-state index in [0.29, 0.717) is 18.1 Å². The lowest BCUT2D eigenvalue weighted by molar-refractivity contribution is -0.137. The Labute approximate surface area is 148 Å². The number of rotatable bonds is 9. The quantitative estimate of drug-likeness (QED) is 0.610. The molecule has 1 aromatic carbocycles. The van der Waals surface area contributed by atoms with E-state index in [9.17, 15) is 9.59 Å². The first kappa shape index (κ1) is 18.7. The first-order chi connectivity index (χ1) is 11.6. The largest absolute Gasteiger partial charge is 0.481 e. The number of hydrogen-bond donors (Lipinski definition) is 1. The summed E-state index contributed by atoms with van der Waals surface area (Å²) in [5.74, 6) is 0.0869. The molecule has 24 heavy (non-hydrogen) atoms. The van der Waals surface area contributed by atoms with Crippen molar-refractivity contribution in [1.82, 2.24) is 0 Å². The van der Waals surface area contributed by atoms with Crippen LogP contribution in [0.15, 0.2) is 30.3 Å². The average Bonchev–Trinajstić information content (AvgIpc) is 2.89. The Morgan fingerprint density at radius 1 is 1.25 bits per heavy atom. The lowest BCUT2D eigenvalue weighted by atomic mass is 9.89. The topological polar surface area (TPSA) is 54.4 Å². The highest BCUT2D eigenvalue weighted by molar-refractivity contribution is 6.30. The Morgan fingerprint density at radius 3 is 2.79 bits per heavy atom. The van der Waals surface area contributed by atoms with Crippen LogP contribution in [-0.2, 0) is 9.59 Å². The molecule has 1 aliphatic carbocycles. The molecule has 3 nitrogen and oxygen atoms in total. The highest BCUT2D eigenvalue weighted by Gasteiger charge is 2.32. The molecule has 0 amide bonds. The molecule has 1 aromatic rings. The number of halogens is 1. The summed E-state index contributed by atoms with van der Waals surface area (Å²) in [5, 5.41) is 9.34. The number of aliphatic carboxylic acids is 1. The van der Waals surface area contributed by atoms with Crippen molar-refractivity contribution >= 4 is 29.4 Å². The summed E-state index contributed by atoms with van der Waals surface area (Å²) in [6.45, 7) is 0. The number of carbonyl (C=O) groups is 2. The molecule has 0 aromatic heterocycles. The van der Waals surface area contributed by atoms with Crippen molar-refractivity contribution < 1.29 is 14.7 Å². The molecule has 2 atom stereocenters. The molecule has 0 bridgehead atoms. The minimum absolute atomic E-state index is 0.125. The van der Waals surface area contributed by atoms with Crippen molar-refractivity contribution in [3.8, 4) is 0 Å². The van der Waals surface area contributed by atoms with Crippen LogP contribution in [0, 0.1) is 11.8 Å². The molecule has 1 aliphatic rings. The summed E-state index contributed by atoms with van der Waals surface area (Å²) >= 11 is 6.00. The first-order valence-corrected chi connectivity index (χ1v) is 9.12. The van der Waals surface area contributed by atoms with Crippen molar-refractivity contribution in [2.75, 3.05) is 0 Å². The van der Waals surface area contributed by atoms with Crippen molar-refractivity contribution in [2.24, 2.45) is 11.8 Å².